The summed E-state index contributed by atoms with van der Waals surface area (Å²) in [6.45, 7) is 2.44. The molecule has 0 radical (unpaired) electrons. The molecular weight excluding hydrogens is 494 g/mol. The predicted octanol–water partition coefficient (Wildman–Crippen LogP) is 4.45. The van der Waals surface area contributed by atoms with Crippen LogP contribution in [0.3, 0.4) is 0 Å². The summed E-state index contributed by atoms with van der Waals surface area (Å²) < 4.78 is 10.2. The van der Waals surface area contributed by atoms with Gasteiger partial charge in [0.15, 0.2) is 0 Å². The number of aliphatic hydroxyl groups is 1. The number of hydrogen-bond acceptors (Lipinski definition) is 7. The van der Waals surface area contributed by atoms with Gasteiger partial charge in [-0.3, -0.25) is 15.1 Å². The Kier molecular flexibility index (Phi) is 5.80. The molecule has 1 aromatic carbocycles. The van der Waals surface area contributed by atoms with Gasteiger partial charge in [0.2, 0.25) is 11.8 Å². The van der Waals surface area contributed by atoms with Gasteiger partial charge in [0, 0.05) is 36.1 Å². The van der Waals surface area contributed by atoms with Gasteiger partial charge < -0.3 is 19.7 Å². The number of amides is 1. The number of benzene rings is 1. The van der Waals surface area contributed by atoms with Crippen LogP contribution in [0.15, 0.2) is 36.5 Å². The predicted molar refractivity (Wildman–Crippen MR) is 148 cm³/mol. The average molecular weight is 528 g/mol. The van der Waals surface area contributed by atoms with Crippen molar-refractivity contribution in [2.24, 2.45) is 13.0 Å². The number of anilines is 2. The molecule has 4 heterocycles. The minimum Gasteiger partial charge on any atom is -0.477 e. The van der Waals surface area contributed by atoms with Crippen LogP contribution in [0.2, 0.25) is 0 Å². The summed E-state index contributed by atoms with van der Waals surface area (Å²) in [4.78, 5) is 23.3. The van der Waals surface area contributed by atoms with Crippen LogP contribution in [0.25, 0.3) is 22.3 Å². The second-order valence-corrected chi connectivity index (χ2v) is 11.2. The lowest BCUT2D eigenvalue weighted by Gasteiger charge is -2.32. The van der Waals surface area contributed by atoms with Gasteiger partial charge in [0.25, 0.3) is 5.91 Å². The van der Waals surface area contributed by atoms with Crippen molar-refractivity contribution >= 4 is 28.6 Å². The highest BCUT2D eigenvalue weighted by Crippen LogP contribution is 2.45. The minimum atomic E-state index is -0.224. The van der Waals surface area contributed by atoms with Crippen LogP contribution in [0.4, 0.5) is 11.6 Å². The fourth-order valence-electron chi connectivity index (χ4n) is 5.96. The Balaban J connectivity index is 1.30. The Hall–Kier alpha value is -3.92. The Morgan fingerprint density at radius 2 is 1.97 bits per heavy atom. The van der Waals surface area contributed by atoms with E-state index in [1.165, 1.54) is 12.8 Å². The van der Waals surface area contributed by atoms with Gasteiger partial charge in [-0.05, 0) is 81.7 Å². The van der Waals surface area contributed by atoms with Crippen molar-refractivity contribution in [1.29, 1.82) is 0 Å². The van der Waals surface area contributed by atoms with Crippen LogP contribution >= 0.6 is 0 Å². The monoisotopic (exact) mass is 527 g/mol. The smallest absolute Gasteiger partial charge is 0.258 e. The van der Waals surface area contributed by atoms with Crippen molar-refractivity contribution < 1.29 is 14.6 Å². The molecular formula is C29H33N7O3. The lowest BCUT2D eigenvalue weighted by molar-refractivity contribution is 0.0836. The van der Waals surface area contributed by atoms with Crippen molar-refractivity contribution in [2.45, 2.75) is 63.6 Å². The van der Waals surface area contributed by atoms with Gasteiger partial charge in [-0.1, -0.05) is 0 Å². The first-order chi connectivity index (χ1) is 18.9. The lowest BCUT2D eigenvalue weighted by atomic mass is 9.89. The third-order valence-electron chi connectivity index (χ3n) is 8.16. The van der Waals surface area contributed by atoms with E-state index >= 15 is 0 Å². The van der Waals surface area contributed by atoms with Gasteiger partial charge >= 0.3 is 0 Å². The SMILES string of the molecule is Cc1cc2cc(n1)-c1cnn(C)c1OCCCC(C1CC1)n1c(nc3cc(NC4CC(O)C4)ccc31)NC2=O. The number of fused-ring (bicyclic) bond motifs is 7. The second-order valence-electron chi connectivity index (χ2n) is 11.2. The van der Waals surface area contributed by atoms with Crippen LogP contribution in [-0.4, -0.2) is 54.1 Å². The van der Waals surface area contributed by atoms with Crippen LogP contribution in [0, 0.1) is 12.8 Å². The number of imidazole rings is 1. The van der Waals surface area contributed by atoms with Crippen LogP contribution in [0.1, 0.15) is 60.6 Å². The molecule has 1 aliphatic heterocycles. The molecule has 1 unspecified atom stereocenters. The highest BCUT2D eigenvalue weighted by Gasteiger charge is 2.35. The molecule has 10 heteroatoms. The van der Waals surface area contributed by atoms with Crippen molar-refractivity contribution in [3.05, 3.63) is 47.8 Å². The molecule has 2 aliphatic carbocycles. The first kappa shape index (κ1) is 24.1. The second kappa shape index (κ2) is 9.37. The summed E-state index contributed by atoms with van der Waals surface area (Å²) in [6, 6.07) is 10.3. The maximum absolute atomic E-state index is 13.7. The van der Waals surface area contributed by atoms with Gasteiger partial charge in [0.05, 0.1) is 41.2 Å². The molecule has 0 spiro atoms. The summed E-state index contributed by atoms with van der Waals surface area (Å²) in [5, 5.41) is 20.7. The average Bonchev–Trinajstić information content (AvgIpc) is 3.58. The number of aromatic nitrogens is 5. The van der Waals surface area contributed by atoms with Gasteiger partial charge in [-0.25, -0.2) is 9.67 Å². The Morgan fingerprint density at radius 1 is 1.13 bits per heavy atom. The summed E-state index contributed by atoms with van der Waals surface area (Å²) >= 11 is 0. The minimum absolute atomic E-state index is 0.207. The van der Waals surface area contributed by atoms with Crippen molar-refractivity contribution in [2.75, 3.05) is 17.2 Å². The normalized spacial score (nSPS) is 23.2. The number of carbonyl (C=O) groups excluding carboxylic acids is 1. The zero-order valence-electron chi connectivity index (χ0n) is 22.2. The quantitative estimate of drug-likeness (QED) is 0.360. The summed E-state index contributed by atoms with van der Waals surface area (Å²) in [6.07, 6.45) is 7.14. The highest BCUT2D eigenvalue weighted by molar-refractivity contribution is 6.05. The summed E-state index contributed by atoms with van der Waals surface area (Å²) in [5.74, 6) is 1.55. The molecule has 3 N–H and O–H groups in total. The topological polar surface area (TPSA) is 119 Å². The maximum Gasteiger partial charge on any atom is 0.258 e. The first-order valence-corrected chi connectivity index (χ1v) is 13.8. The molecule has 4 aromatic rings. The molecule has 2 saturated carbocycles. The van der Waals surface area contributed by atoms with E-state index in [4.69, 9.17) is 9.72 Å². The molecule has 2 bridgehead atoms. The van der Waals surface area contributed by atoms with Gasteiger partial charge in [-0.2, -0.15) is 5.10 Å². The molecule has 3 aliphatic rings. The largest absolute Gasteiger partial charge is 0.477 e. The van der Waals surface area contributed by atoms with Crippen LogP contribution in [-0.2, 0) is 7.05 Å². The fourth-order valence-corrected chi connectivity index (χ4v) is 5.96. The Labute approximate surface area is 226 Å². The molecule has 7 rings (SSSR count). The molecule has 39 heavy (non-hydrogen) atoms. The van der Waals surface area contributed by atoms with E-state index in [1.54, 1.807) is 23.0 Å². The zero-order chi connectivity index (χ0) is 26.7. The highest BCUT2D eigenvalue weighted by atomic mass is 16.5. The Morgan fingerprint density at radius 3 is 2.77 bits per heavy atom. The number of ether oxygens (including phenoxy) is 1. The molecule has 0 saturated heterocycles. The number of pyridine rings is 1. The van der Waals surface area contributed by atoms with Crippen molar-refractivity contribution in [3.8, 4) is 17.1 Å². The number of aryl methyl sites for hydroxylation is 2. The molecule has 1 amide bonds. The number of nitrogens with one attached hydrogen (secondary N) is 2. The molecule has 1 atom stereocenters. The first-order valence-electron chi connectivity index (χ1n) is 13.8. The van der Waals surface area contributed by atoms with E-state index < -0.39 is 0 Å². The van der Waals surface area contributed by atoms with E-state index in [0.29, 0.717) is 35.6 Å². The molecule has 2 fully saturated rings. The standard InChI is InChI=1S/C29H33N7O3/c1-16-10-18-11-23(31-16)22-15-30-35(2)28(22)39-9-3-4-25(17-5-6-17)36-26-8-7-19(32-20-12-21(37)13-20)14-24(26)33-29(36)34-27(18)38/h7-8,10-11,14-15,17,20-21,25,32,37H,3-6,9,12-13H2,1-2H3,(H,33,34,38). The van der Waals surface area contributed by atoms with Crippen molar-refractivity contribution in [3.63, 3.8) is 0 Å². The van der Waals surface area contributed by atoms with Crippen LogP contribution in [0.5, 0.6) is 5.88 Å². The van der Waals surface area contributed by atoms with E-state index in [2.05, 4.69) is 37.4 Å². The number of nitrogens with zero attached hydrogens (tertiary/aromatic N) is 5. The molecule has 3 aromatic heterocycles. The van der Waals surface area contributed by atoms with Crippen LogP contribution < -0.4 is 15.4 Å². The summed E-state index contributed by atoms with van der Waals surface area (Å²) in [7, 11) is 1.86. The lowest BCUT2D eigenvalue weighted by Crippen LogP contribution is -2.38. The van der Waals surface area contributed by atoms with E-state index in [-0.39, 0.29) is 24.1 Å². The van der Waals surface area contributed by atoms with E-state index in [9.17, 15) is 9.90 Å². The maximum atomic E-state index is 13.7. The zero-order valence-corrected chi connectivity index (χ0v) is 22.2. The summed E-state index contributed by atoms with van der Waals surface area (Å²) in [5.41, 5.74) is 5.50. The molecule has 202 valence electrons. The fraction of sp³-hybridized carbons (Fsp3) is 0.448. The van der Waals surface area contributed by atoms with Gasteiger partial charge in [0.1, 0.15) is 0 Å². The third-order valence-corrected chi connectivity index (χ3v) is 8.16. The number of carbonyl (C=O) groups is 1. The number of aliphatic hydroxyl groups excluding tert-OH is 1. The van der Waals surface area contributed by atoms with Crippen molar-refractivity contribution in [1.82, 2.24) is 24.3 Å². The Bertz CT molecular complexity index is 1560. The number of rotatable bonds is 3. The van der Waals surface area contributed by atoms with E-state index in [0.717, 1.165) is 53.7 Å². The van der Waals surface area contributed by atoms with E-state index in [1.807, 2.05) is 20.0 Å². The third kappa shape index (κ3) is 4.52. The number of hydrogen-bond donors (Lipinski definition) is 3. The van der Waals surface area contributed by atoms with Gasteiger partial charge in [-0.15, -0.1) is 0 Å². The molecule has 10 nitrogen and oxygen atoms in total.